The van der Waals surface area contributed by atoms with E-state index in [4.69, 9.17) is 16.3 Å². The number of anilines is 1. The van der Waals surface area contributed by atoms with Gasteiger partial charge in [0, 0.05) is 12.6 Å². The Morgan fingerprint density at radius 3 is 2.21 bits per heavy atom. The molecule has 42 heavy (non-hydrogen) atoms. The number of aryl methyl sites for hydroxylation is 2. The Balaban J connectivity index is 2.11. The minimum Gasteiger partial charge on any atom is -0.495 e. The molecule has 226 valence electrons. The van der Waals surface area contributed by atoms with Crippen LogP contribution in [0.3, 0.4) is 0 Å². The van der Waals surface area contributed by atoms with Gasteiger partial charge in [-0.3, -0.25) is 13.9 Å². The maximum Gasteiger partial charge on any atom is 0.264 e. The molecule has 0 aliphatic carbocycles. The third kappa shape index (κ3) is 7.83. The maximum atomic E-state index is 14.2. The van der Waals surface area contributed by atoms with Crippen LogP contribution in [0.5, 0.6) is 5.75 Å². The minimum atomic E-state index is -4.21. The van der Waals surface area contributed by atoms with Gasteiger partial charge in [0.15, 0.2) is 0 Å². The van der Waals surface area contributed by atoms with Gasteiger partial charge < -0.3 is 15.0 Å². The first-order valence-corrected chi connectivity index (χ1v) is 15.8. The summed E-state index contributed by atoms with van der Waals surface area (Å²) in [6, 6.07) is 17.7. The van der Waals surface area contributed by atoms with Crippen LogP contribution in [0.4, 0.5) is 5.69 Å². The Morgan fingerprint density at radius 1 is 0.976 bits per heavy atom. The van der Waals surface area contributed by atoms with Crippen molar-refractivity contribution in [2.24, 2.45) is 0 Å². The first kappa shape index (κ1) is 32.9. The van der Waals surface area contributed by atoms with Crippen LogP contribution in [0.25, 0.3) is 0 Å². The molecule has 10 heteroatoms. The smallest absolute Gasteiger partial charge is 0.264 e. The zero-order chi connectivity index (χ0) is 31.0. The summed E-state index contributed by atoms with van der Waals surface area (Å²) in [5.41, 5.74) is 2.91. The Hall–Kier alpha value is -3.56. The van der Waals surface area contributed by atoms with E-state index in [9.17, 15) is 18.0 Å². The van der Waals surface area contributed by atoms with Gasteiger partial charge in [-0.1, -0.05) is 67.4 Å². The predicted octanol–water partition coefficient (Wildman–Crippen LogP) is 5.88. The number of carbonyl (C=O) groups is 2. The zero-order valence-electron chi connectivity index (χ0n) is 25.1. The van der Waals surface area contributed by atoms with E-state index in [1.54, 1.807) is 24.3 Å². The highest BCUT2D eigenvalue weighted by Gasteiger charge is 2.34. The summed E-state index contributed by atoms with van der Waals surface area (Å²) in [6.07, 6.45) is 1.08. The van der Waals surface area contributed by atoms with Crippen molar-refractivity contribution in [3.63, 3.8) is 0 Å². The van der Waals surface area contributed by atoms with Crippen molar-refractivity contribution in [2.75, 3.05) is 18.0 Å². The monoisotopic (exact) mass is 613 g/mol. The lowest BCUT2D eigenvalue weighted by Gasteiger charge is -2.34. The van der Waals surface area contributed by atoms with Crippen LogP contribution in [0.2, 0.25) is 5.02 Å². The van der Waals surface area contributed by atoms with Gasteiger partial charge in [-0.25, -0.2) is 8.42 Å². The lowest BCUT2D eigenvalue weighted by Crippen LogP contribution is -2.53. The summed E-state index contributed by atoms with van der Waals surface area (Å²) in [5.74, 6) is -0.436. The van der Waals surface area contributed by atoms with Crippen molar-refractivity contribution in [3.05, 3.63) is 88.4 Å². The second-order valence-electron chi connectivity index (χ2n) is 10.3. The highest BCUT2D eigenvalue weighted by Crippen LogP contribution is 2.32. The molecule has 0 heterocycles. The first-order chi connectivity index (χ1) is 19.9. The van der Waals surface area contributed by atoms with Gasteiger partial charge in [0.2, 0.25) is 11.8 Å². The van der Waals surface area contributed by atoms with E-state index < -0.39 is 28.5 Å². The number of carbonyl (C=O) groups excluding carboxylic acids is 2. The number of rotatable bonds is 13. The number of hydrogen-bond donors (Lipinski definition) is 1. The summed E-state index contributed by atoms with van der Waals surface area (Å²) in [4.78, 5) is 29.1. The minimum absolute atomic E-state index is 0.0276. The van der Waals surface area contributed by atoms with E-state index in [1.807, 2.05) is 58.9 Å². The van der Waals surface area contributed by atoms with E-state index in [-0.39, 0.29) is 34.1 Å². The van der Waals surface area contributed by atoms with Gasteiger partial charge >= 0.3 is 0 Å². The van der Waals surface area contributed by atoms with Gasteiger partial charge in [0.25, 0.3) is 10.0 Å². The van der Waals surface area contributed by atoms with Crippen molar-refractivity contribution in [1.82, 2.24) is 10.2 Å². The number of halogens is 1. The largest absolute Gasteiger partial charge is 0.495 e. The fourth-order valence-corrected chi connectivity index (χ4v) is 6.17. The quantitative estimate of drug-likeness (QED) is 0.260. The fourth-order valence-electron chi connectivity index (χ4n) is 4.51. The Morgan fingerprint density at radius 2 is 1.64 bits per heavy atom. The first-order valence-electron chi connectivity index (χ1n) is 14.0. The number of sulfonamides is 1. The molecule has 0 aromatic heterocycles. The standard InChI is InChI=1S/C32H40ClN3O5S/c1-7-24(5)34-32(38)29(8-2)35(20-25-12-10-9-11-23(25)4)31(37)21-36(26-15-18-30(41-6)28(33)19-26)42(39,40)27-16-13-22(3)14-17-27/h9-19,24,29H,7-8,20-21H2,1-6H3,(H,34,38)/t24-,29+/m0/s1. The number of nitrogens with one attached hydrogen (secondary N) is 1. The second kappa shape index (κ2) is 14.6. The number of ether oxygens (including phenoxy) is 1. The average molecular weight is 614 g/mol. The molecule has 3 aromatic carbocycles. The predicted molar refractivity (Wildman–Crippen MR) is 167 cm³/mol. The molecule has 0 unspecified atom stereocenters. The summed E-state index contributed by atoms with van der Waals surface area (Å²) < 4.78 is 34.4. The molecule has 1 N–H and O–H groups in total. The lowest BCUT2D eigenvalue weighted by molar-refractivity contribution is -0.140. The lowest BCUT2D eigenvalue weighted by atomic mass is 10.1. The van der Waals surface area contributed by atoms with Gasteiger partial charge in [-0.15, -0.1) is 0 Å². The molecule has 0 aliphatic rings. The molecule has 2 amide bonds. The van der Waals surface area contributed by atoms with Gasteiger partial charge in [-0.05, 0) is 75.1 Å². The molecule has 0 bridgehead atoms. The zero-order valence-corrected chi connectivity index (χ0v) is 26.6. The van der Waals surface area contributed by atoms with Crippen molar-refractivity contribution in [1.29, 1.82) is 0 Å². The van der Waals surface area contributed by atoms with Crippen LogP contribution in [0.1, 0.15) is 50.3 Å². The van der Waals surface area contributed by atoms with Crippen molar-refractivity contribution < 1.29 is 22.7 Å². The Bertz CT molecular complexity index is 1490. The molecule has 0 radical (unpaired) electrons. The molecule has 3 rings (SSSR count). The molecular weight excluding hydrogens is 574 g/mol. The fraction of sp³-hybridized carbons (Fsp3) is 0.375. The summed E-state index contributed by atoms with van der Waals surface area (Å²) in [6.45, 7) is 9.10. The SMILES string of the molecule is CC[C@H](C(=O)N[C@@H](C)CC)N(Cc1ccccc1C)C(=O)CN(c1ccc(OC)c(Cl)c1)S(=O)(=O)c1ccc(C)cc1. The van der Waals surface area contributed by atoms with Crippen molar-refractivity contribution >= 4 is 39.1 Å². The third-order valence-corrected chi connectivity index (χ3v) is 9.38. The molecular formula is C32H40ClN3O5S. The average Bonchev–Trinajstić information content (AvgIpc) is 2.96. The molecule has 3 aromatic rings. The van der Waals surface area contributed by atoms with E-state index >= 15 is 0 Å². The van der Waals surface area contributed by atoms with Crippen LogP contribution in [-0.2, 0) is 26.2 Å². The van der Waals surface area contributed by atoms with Crippen LogP contribution in [0.15, 0.2) is 71.6 Å². The molecule has 0 fully saturated rings. The Labute approximate surface area is 254 Å². The number of methoxy groups -OCH3 is 1. The van der Waals surface area contributed by atoms with Crippen LogP contribution in [0, 0.1) is 13.8 Å². The van der Waals surface area contributed by atoms with Gasteiger partial charge in [-0.2, -0.15) is 0 Å². The van der Waals surface area contributed by atoms with E-state index in [2.05, 4.69) is 5.32 Å². The van der Waals surface area contributed by atoms with E-state index in [0.29, 0.717) is 12.2 Å². The normalized spacial score (nSPS) is 12.7. The summed E-state index contributed by atoms with van der Waals surface area (Å²) in [7, 11) is -2.74. The molecule has 0 saturated carbocycles. The number of hydrogen-bond acceptors (Lipinski definition) is 5. The van der Waals surface area contributed by atoms with E-state index in [1.165, 1.54) is 30.2 Å². The highest BCUT2D eigenvalue weighted by molar-refractivity contribution is 7.92. The van der Waals surface area contributed by atoms with Gasteiger partial charge in [0.1, 0.15) is 18.3 Å². The van der Waals surface area contributed by atoms with Crippen molar-refractivity contribution in [2.45, 2.75) is 71.0 Å². The Kier molecular flexibility index (Phi) is 11.4. The van der Waals surface area contributed by atoms with E-state index in [0.717, 1.165) is 27.4 Å². The number of benzene rings is 3. The number of nitrogens with zero attached hydrogens (tertiary/aromatic N) is 2. The molecule has 0 saturated heterocycles. The van der Waals surface area contributed by atoms with Crippen molar-refractivity contribution in [3.8, 4) is 5.75 Å². The molecule has 0 aliphatic heterocycles. The summed E-state index contributed by atoms with van der Waals surface area (Å²) >= 11 is 6.40. The number of amides is 2. The molecule has 2 atom stereocenters. The topological polar surface area (TPSA) is 96.0 Å². The molecule has 8 nitrogen and oxygen atoms in total. The van der Waals surface area contributed by atoms with Crippen LogP contribution in [-0.4, -0.2) is 50.9 Å². The second-order valence-corrected chi connectivity index (χ2v) is 12.6. The third-order valence-electron chi connectivity index (χ3n) is 7.30. The summed E-state index contributed by atoms with van der Waals surface area (Å²) in [5, 5.41) is 3.18. The maximum absolute atomic E-state index is 14.2. The highest BCUT2D eigenvalue weighted by atomic mass is 35.5. The van der Waals surface area contributed by atoms with Crippen LogP contribution >= 0.6 is 11.6 Å². The molecule has 0 spiro atoms. The van der Waals surface area contributed by atoms with Gasteiger partial charge in [0.05, 0.1) is 22.7 Å². The van der Waals surface area contributed by atoms with Crippen LogP contribution < -0.4 is 14.4 Å².